The van der Waals surface area contributed by atoms with Gasteiger partial charge in [-0.3, -0.25) is 0 Å². The summed E-state index contributed by atoms with van der Waals surface area (Å²) >= 11 is 5.99. The lowest BCUT2D eigenvalue weighted by molar-refractivity contribution is 1.15. The highest BCUT2D eigenvalue weighted by atomic mass is 35.5. The van der Waals surface area contributed by atoms with Gasteiger partial charge in [0.1, 0.15) is 0 Å². The van der Waals surface area contributed by atoms with Crippen LogP contribution in [0.5, 0.6) is 0 Å². The Morgan fingerprint density at radius 3 is 2.09 bits per heavy atom. The zero-order chi connectivity index (χ0) is 15.2. The molecule has 0 fully saturated rings. The van der Waals surface area contributed by atoms with Gasteiger partial charge in [-0.1, -0.05) is 41.9 Å². The number of rotatable bonds is 5. The monoisotopic (exact) mass is 308 g/mol. The van der Waals surface area contributed by atoms with Crippen molar-refractivity contribution in [2.45, 2.75) is 6.54 Å². The first-order chi connectivity index (χ1) is 10.8. The third kappa shape index (κ3) is 4.03. The van der Waals surface area contributed by atoms with Gasteiger partial charge < -0.3 is 10.6 Å². The average Bonchev–Trinajstić information content (AvgIpc) is 2.55. The Balaban J connectivity index is 1.60. The smallest absolute Gasteiger partial charge is 0.0409 e. The molecule has 0 bridgehead atoms. The first-order valence-electron chi connectivity index (χ1n) is 7.20. The van der Waals surface area contributed by atoms with Crippen LogP contribution in [0.3, 0.4) is 0 Å². The van der Waals surface area contributed by atoms with E-state index in [1.807, 2.05) is 48.5 Å². The molecule has 2 N–H and O–H groups in total. The molecule has 0 radical (unpaired) electrons. The summed E-state index contributed by atoms with van der Waals surface area (Å²) in [5.41, 5.74) is 4.40. The number of benzene rings is 3. The van der Waals surface area contributed by atoms with E-state index in [4.69, 9.17) is 11.6 Å². The second kappa shape index (κ2) is 7.01. The van der Waals surface area contributed by atoms with E-state index in [1.165, 1.54) is 5.56 Å². The normalized spacial score (nSPS) is 10.2. The standard InChI is InChI=1S/C19H17ClN2/c20-16-6-4-5-15(13-16)14-21-17-9-11-19(12-10-17)22-18-7-2-1-3-8-18/h1-13,21-22H,14H2. The van der Waals surface area contributed by atoms with Crippen LogP contribution in [0.4, 0.5) is 17.1 Å². The lowest BCUT2D eigenvalue weighted by Crippen LogP contribution is -1.99. The van der Waals surface area contributed by atoms with Gasteiger partial charge in [0.2, 0.25) is 0 Å². The zero-order valence-corrected chi connectivity index (χ0v) is 12.8. The summed E-state index contributed by atoms with van der Waals surface area (Å²) < 4.78 is 0. The fraction of sp³-hybridized carbons (Fsp3) is 0.0526. The number of anilines is 3. The molecule has 0 spiro atoms. The maximum atomic E-state index is 5.99. The Bertz CT molecular complexity index is 724. The number of nitrogens with one attached hydrogen (secondary N) is 2. The highest BCUT2D eigenvalue weighted by molar-refractivity contribution is 6.30. The van der Waals surface area contributed by atoms with Crippen LogP contribution < -0.4 is 10.6 Å². The van der Waals surface area contributed by atoms with Crippen molar-refractivity contribution < 1.29 is 0 Å². The molecule has 3 rings (SSSR count). The lowest BCUT2D eigenvalue weighted by atomic mass is 10.2. The van der Waals surface area contributed by atoms with Crippen LogP contribution in [-0.4, -0.2) is 0 Å². The molecule has 0 aliphatic heterocycles. The van der Waals surface area contributed by atoms with Crippen LogP contribution in [0.1, 0.15) is 5.56 Å². The van der Waals surface area contributed by atoms with Gasteiger partial charge in [0.15, 0.2) is 0 Å². The maximum absolute atomic E-state index is 5.99. The van der Waals surface area contributed by atoms with E-state index in [-0.39, 0.29) is 0 Å². The Morgan fingerprint density at radius 1 is 0.682 bits per heavy atom. The SMILES string of the molecule is Clc1cccc(CNc2ccc(Nc3ccccc3)cc2)c1. The van der Waals surface area contributed by atoms with E-state index in [9.17, 15) is 0 Å². The fourth-order valence-corrected chi connectivity index (χ4v) is 2.42. The van der Waals surface area contributed by atoms with Crippen molar-refractivity contribution in [1.82, 2.24) is 0 Å². The van der Waals surface area contributed by atoms with Crippen LogP contribution in [0.25, 0.3) is 0 Å². The van der Waals surface area contributed by atoms with Crippen LogP contribution in [0.15, 0.2) is 78.9 Å². The minimum absolute atomic E-state index is 0.756. The summed E-state index contributed by atoms with van der Waals surface area (Å²) in [5, 5.41) is 7.53. The minimum Gasteiger partial charge on any atom is -0.381 e. The third-order valence-electron chi connectivity index (χ3n) is 3.33. The predicted octanol–water partition coefficient (Wildman–Crippen LogP) is 5.70. The van der Waals surface area contributed by atoms with E-state index in [0.29, 0.717) is 0 Å². The van der Waals surface area contributed by atoms with E-state index in [1.54, 1.807) is 0 Å². The van der Waals surface area contributed by atoms with Crippen molar-refractivity contribution in [2.24, 2.45) is 0 Å². The van der Waals surface area contributed by atoms with E-state index < -0.39 is 0 Å². The van der Waals surface area contributed by atoms with Crippen LogP contribution in [0.2, 0.25) is 5.02 Å². The minimum atomic E-state index is 0.756. The van der Waals surface area contributed by atoms with Gasteiger partial charge in [0.05, 0.1) is 0 Å². The summed E-state index contributed by atoms with van der Waals surface area (Å²) in [5.74, 6) is 0. The number of hydrogen-bond donors (Lipinski definition) is 2. The van der Waals surface area contributed by atoms with Gasteiger partial charge in [-0.05, 0) is 54.1 Å². The molecule has 2 nitrogen and oxygen atoms in total. The van der Waals surface area contributed by atoms with E-state index in [2.05, 4.69) is 41.0 Å². The second-order valence-corrected chi connectivity index (χ2v) is 5.49. The molecule has 0 aromatic heterocycles. The first kappa shape index (κ1) is 14.5. The molecule has 0 unspecified atom stereocenters. The molecule has 3 heteroatoms. The highest BCUT2D eigenvalue weighted by Gasteiger charge is 1.97. The molecule has 0 amide bonds. The van der Waals surface area contributed by atoms with Crippen molar-refractivity contribution in [3.63, 3.8) is 0 Å². The van der Waals surface area contributed by atoms with Gasteiger partial charge in [-0.15, -0.1) is 0 Å². The van der Waals surface area contributed by atoms with Gasteiger partial charge >= 0.3 is 0 Å². The van der Waals surface area contributed by atoms with Crippen molar-refractivity contribution in [2.75, 3.05) is 10.6 Å². The van der Waals surface area contributed by atoms with Crippen LogP contribution in [0, 0.1) is 0 Å². The molecular formula is C19H17ClN2. The topological polar surface area (TPSA) is 24.1 Å². The molecule has 22 heavy (non-hydrogen) atoms. The maximum Gasteiger partial charge on any atom is 0.0409 e. The number of hydrogen-bond acceptors (Lipinski definition) is 2. The molecular weight excluding hydrogens is 292 g/mol. The summed E-state index contributed by atoms with van der Waals surface area (Å²) in [4.78, 5) is 0. The van der Waals surface area contributed by atoms with Gasteiger partial charge in [0.25, 0.3) is 0 Å². The molecule has 110 valence electrons. The summed E-state index contributed by atoms with van der Waals surface area (Å²) in [6.07, 6.45) is 0. The summed E-state index contributed by atoms with van der Waals surface area (Å²) in [6.45, 7) is 0.756. The van der Waals surface area contributed by atoms with E-state index >= 15 is 0 Å². The van der Waals surface area contributed by atoms with Crippen molar-refractivity contribution in [3.05, 3.63) is 89.4 Å². The van der Waals surface area contributed by atoms with Gasteiger partial charge in [-0.2, -0.15) is 0 Å². The number of para-hydroxylation sites is 1. The Labute approximate surface area is 135 Å². The third-order valence-corrected chi connectivity index (χ3v) is 3.57. The number of halogens is 1. The van der Waals surface area contributed by atoms with E-state index in [0.717, 1.165) is 28.6 Å². The van der Waals surface area contributed by atoms with Crippen LogP contribution >= 0.6 is 11.6 Å². The van der Waals surface area contributed by atoms with Crippen molar-refractivity contribution in [3.8, 4) is 0 Å². The zero-order valence-electron chi connectivity index (χ0n) is 12.1. The molecule has 0 saturated carbocycles. The lowest BCUT2D eigenvalue weighted by Gasteiger charge is -2.09. The molecule has 0 saturated heterocycles. The van der Waals surface area contributed by atoms with Crippen LogP contribution in [-0.2, 0) is 6.54 Å². The predicted molar refractivity (Wildman–Crippen MR) is 94.9 cm³/mol. The molecule has 3 aromatic carbocycles. The molecule has 0 heterocycles. The molecule has 3 aromatic rings. The fourth-order valence-electron chi connectivity index (χ4n) is 2.21. The first-order valence-corrected chi connectivity index (χ1v) is 7.58. The Hall–Kier alpha value is -2.45. The van der Waals surface area contributed by atoms with Crippen molar-refractivity contribution in [1.29, 1.82) is 0 Å². The second-order valence-electron chi connectivity index (χ2n) is 5.05. The Kier molecular flexibility index (Phi) is 4.62. The quantitative estimate of drug-likeness (QED) is 0.632. The largest absolute Gasteiger partial charge is 0.381 e. The molecule has 0 aliphatic rings. The molecule has 0 aliphatic carbocycles. The van der Waals surface area contributed by atoms with Gasteiger partial charge in [0, 0.05) is 28.6 Å². The van der Waals surface area contributed by atoms with Crippen molar-refractivity contribution >= 4 is 28.7 Å². The Morgan fingerprint density at radius 2 is 1.36 bits per heavy atom. The molecule has 0 atom stereocenters. The highest BCUT2D eigenvalue weighted by Crippen LogP contribution is 2.19. The summed E-state index contributed by atoms with van der Waals surface area (Å²) in [6, 6.07) is 26.3. The summed E-state index contributed by atoms with van der Waals surface area (Å²) in [7, 11) is 0. The van der Waals surface area contributed by atoms with Gasteiger partial charge in [-0.25, -0.2) is 0 Å². The average molecular weight is 309 g/mol.